The Hall–Kier alpha value is -2.36. The van der Waals surface area contributed by atoms with E-state index >= 15 is 8.78 Å². The molecule has 5 nitrogen and oxygen atoms in total. The Morgan fingerprint density at radius 3 is 2.13 bits per heavy atom. The molecule has 0 spiro atoms. The number of halogens is 10. The van der Waals surface area contributed by atoms with Crippen molar-refractivity contribution < 1.29 is 40.3 Å². The molecule has 0 aliphatic heterocycles. The van der Waals surface area contributed by atoms with E-state index in [1.165, 1.54) is 42.6 Å². The molecule has 2 N–H and O–H groups in total. The molecule has 1 heterocycles. The second-order valence-corrected chi connectivity index (χ2v) is 18.1. The Balaban J connectivity index is 2.34. The number of amides is 2. The third-order valence-electron chi connectivity index (χ3n) is 5.01. The summed E-state index contributed by atoms with van der Waals surface area (Å²) in [6.07, 6.45) is -5.36. The van der Waals surface area contributed by atoms with E-state index in [1.54, 1.807) is 0 Å². The van der Waals surface area contributed by atoms with Crippen LogP contribution < -0.4 is 10.6 Å². The van der Waals surface area contributed by atoms with Crippen molar-refractivity contribution in [2.24, 2.45) is 5.73 Å². The van der Waals surface area contributed by atoms with Gasteiger partial charge in [-0.05, 0) is 79.0 Å². The molecule has 0 radical (unpaired) electrons. The van der Waals surface area contributed by atoms with Gasteiger partial charge in [0, 0.05) is 16.7 Å². The number of carbonyl (C=O) groups excluding carboxylic acids is 2. The summed E-state index contributed by atoms with van der Waals surface area (Å²) in [6.45, 7) is -4.73. The zero-order valence-electron chi connectivity index (χ0n) is 18.3. The molecule has 3 aromatic rings. The number of rotatable bonds is 7. The first-order valence-electron chi connectivity index (χ1n) is 9.93. The summed E-state index contributed by atoms with van der Waals surface area (Å²) in [5.74, 6) is -8.44. The lowest BCUT2D eigenvalue weighted by atomic mass is 10.1. The van der Waals surface area contributed by atoms with Gasteiger partial charge >= 0.3 is 17.4 Å². The largest absolute Gasteiger partial charge is 0.460 e. The summed E-state index contributed by atoms with van der Waals surface area (Å²) in [5, 5.41) is -6.08. The Bertz CT molecular complexity index is 1390. The molecule has 2 amide bonds. The molecular formula is C22H13Br2ClF7N3O2S. The van der Waals surface area contributed by atoms with Crippen LogP contribution in [0.25, 0.3) is 0 Å². The minimum atomic E-state index is -6.61. The molecule has 0 aliphatic rings. The molecule has 0 saturated heterocycles. The van der Waals surface area contributed by atoms with Gasteiger partial charge in [-0.25, -0.2) is 4.98 Å². The Morgan fingerprint density at radius 1 is 0.921 bits per heavy atom. The van der Waals surface area contributed by atoms with Gasteiger partial charge in [0.05, 0.1) is 16.9 Å². The fraction of sp³-hybridized carbons (Fsp3) is 0.136. The number of anilines is 2. The van der Waals surface area contributed by atoms with Crippen LogP contribution in [0, 0.1) is 0 Å². The highest BCUT2D eigenvalue weighted by atomic mass is 79.9. The fourth-order valence-electron chi connectivity index (χ4n) is 3.15. The van der Waals surface area contributed by atoms with Crippen LogP contribution in [0.5, 0.6) is 0 Å². The van der Waals surface area contributed by atoms with E-state index in [-0.39, 0.29) is 22.0 Å². The van der Waals surface area contributed by atoms with Crippen molar-refractivity contribution in [3.8, 4) is 0 Å². The van der Waals surface area contributed by atoms with Crippen molar-refractivity contribution in [1.82, 2.24) is 4.98 Å². The van der Waals surface area contributed by atoms with Crippen LogP contribution in [0.2, 0.25) is 5.15 Å². The lowest BCUT2D eigenvalue weighted by Gasteiger charge is -2.41. The average molecular weight is 712 g/mol. The van der Waals surface area contributed by atoms with Crippen molar-refractivity contribution in [1.29, 1.82) is 0 Å². The Kier molecular flexibility index (Phi) is 8.47. The van der Waals surface area contributed by atoms with Crippen LogP contribution >= 0.6 is 48.1 Å². The highest BCUT2D eigenvalue weighted by Crippen LogP contribution is 2.83. The van der Waals surface area contributed by atoms with Crippen LogP contribution in [0.3, 0.4) is 0 Å². The highest BCUT2D eigenvalue weighted by molar-refractivity contribution is 9.91. The van der Waals surface area contributed by atoms with Crippen molar-refractivity contribution >= 4 is 71.3 Å². The summed E-state index contributed by atoms with van der Waals surface area (Å²) in [4.78, 5) is 29.1. The second kappa shape index (κ2) is 10.7. The maximum Gasteiger partial charge on any atom is 0.460 e. The van der Waals surface area contributed by atoms with Crippen molar-refractivity contribution in [2.45, 2.75) is 22.2 Å². The topological polar surface area (TPSA) is 76.3 Å². The third-order valence-corrected chi connectivity index (χ3v) is 11.6. The highest BCUT2D eigenvalue weighted by Gasteiger charge is 2.78. The van der Waals surface area contributed by atoms with Crippen molar-refractivity contribution in [3.05, 3.63) is 83.1 Å². The van der Waals surface area contributed by atoms with Crippen molar-refractivity contribution in [3.63, 3.8) is 0 Å². The Morgan fingerprint density at radius 2 is 1.55 bits per heavy atom. The van der Waals surface area contributed by atoms with Crippen LogP contribution in [0.1, 0.15) is 20.7 Å². The smallest absolute Gasteiger partial charge is 0.366 e. The zero-order valence-corrected chi connectivity index (χ0v) is 23.1. The molecule has 3 rings (SSSR count). The first kappa shape index (κ1) is 30.2. The number of nitrogens with zero attached hydrogens (tertiary/aromatic N) is 2. The number of alkyl halides is 7. The average Bonchev–Trinajstić information content (AvgIpc) is 2.84. The van der Waals surface area contributed by atoms with Gasteiger partial charge < -0.3 is 5.73 Å². The molecule has 0 saturated carbocycles. The van der Waals surface area contributed by atoms with E-state index in [0.29, 0.717) is 0 Å². The summed E-state index contributed by atoms with van der Waals surface area (Å²) in [6, 6.07) is 11.7. The molecule has 0 fully saturated rings. The normalized spacial score (nSPS) is 13.2. The number of carbonyl (C=O) groups is 2. The van der Waals surface area contributed by atoms with Crippen LogP contribution in [-0.4, -0.2) is 34.2 Å². The number of hydrogen-bond acceptors (Lipinski definition) is 3. The fourth-order valence-corrected chi connectivity index (χ4v) is 7.60. The van der Waals surface area contributed by atoms with Crippen LogP contribution in [-0.2, 0) is 0 Å². The van der Waals surface area contributed by atoms with E-state index in [1.807, 2.05) is 0 Å². The second-order valence-electron chi connectivity index (χ2n) is 7.42. The molecule has 0 aliphatic carbocycles. The van der Waals surface area contributed by atoms with Gasteiger partial charge in [0.15, 0.2) is 0 Å². The summed E-state index contributed by atoms with van der Waals surface area (Å²) in [5.41, 5.74) is 4.21. The van der Waals surface area contributed by atoms with Crippen molar-refractivity contribution in [2.75, 3.05) is 4.90 Å². The van der Waals surface area contributed by atoms with Gasteiger partial charge in [0.2, 0.25) is 5.91 Å². The van der Waals surface area contributed by atoms with Gasteiger partial charge in [-0.2, -0.15) is 30.7 Å². The van der Waals surface area contributed by atoms with Crippen LogP contribution in [0.4, 0.5) is 42.1 Å². The predicted molar refractivity (Wildman–Crippen MR) is 137 cm³/mol. The number of pyridine rings is 1. The van der Waals surface area contributed by atoms with Gasteiger partial charge in [-0.15, -0.1) is 0 Å². The van der Waals surface area contributed by atoms with Gasteiger partial charge in [0.1, 0.15) is 5.15 Å². The lowest BCUT2D eigenvalue weighted by Crippen LogP contribution is -2.52. The van der Waals surface area contributed by atoms with E-state index in [4.69, 9.17) is 17.3 Å². The molecule has 204 valence electrons. The number of hydrogen-bond donors (Lipinski definition) is 1. The van der Waals surface area contributed by atoms with Gasteiger partial charge in [-0.3, -0.25) is 14.5 Å². The molecule has 2 aromatic carbocycles. The molecule has 1 aromatic heterocycles. The summed E-state index contributed by atoms with van der Waals surface area (Å²) >= 11 is 10.9. The summed E-state index contributed by atoms with van der Waals surface area (Å²) in [7, 11) is 0. The minimum Gasteiger partial charge on any atom is -0.366 e. The lowest BCUT2D eigenvalue weighted by molar-refractivity contribution is -0.330. The molecule has 38 heavy (non-hydrogen) atoms. The maximum atomic E-state index is 15.0. The molecular weight excluding hydrogens is 699 g/mol. The van der Waals surface area contributed by atoms with E-state index in [9.17, 15) is 31.5 Å². The van der Waals surface area contributed by atoms with Gasteiger partial charge in [-0.1, -0.05) is 29.8 Å². The first-order valence-corrected chi connectivity index (χ1v) is 15.6. The maximum absolute atomic E-state index is 15.0. The standard InChI is InChI=1S/C22H13Br2ClF7N3O2S/c23-38(24,22(31,32)20(26,27)21(28,29)30)16-9-2-1-8-15(16)35(13-6-3-5-12(11-13)18(33)36)19(37)14-7-4-10-34-17(14)25/h1-11H,(H2,33,36). The molecule has 16 heteroatoms. The monoisotopic (exact) mass is 709 g/mol. The predicted octanol–water partition coefficient (Wildman–Crippen LogP) is 8.39. The number of para-hydroxylation sites is 1. The van der Waals surface area contributed by atoms with Crippen LogP contribution in [0.15, 0.2) is 71.8 Å². The van der Waals surface area contributed by atoms with E-state index in [2.05, 4.69) is 34.6 Å². The zero-order chi connectivity index (χ0) is 28.7. The SMILES string of the molecule is NC(=O)c1cccc(N(C(=O)c2cccnc2Cl)c2ccccc2S(Br)(Br)C(F)(F)C(F)(F)C(F)(F)F)c1. The quantitative estimate of drug-likeness (QED) is 0.198. The Labute approximate surface area is 231 Å². The minimum absolute atomic E-state index is 0.125. The molecule has 0 bridgehead atoms. The third kappa shape index (κ3) is 5.25. The first-order chi connectivity index (χ1) is 17.4. The van der Waals surface area contributed by atoms with E-state index in [0.717, 1.165) is 29.2 Å². The molecule has 0 unspecified atom stereocenters. The summed E-state index contributed by atoms with van der Waals surface area (Å²) < 4.78 is 97.3. The molecule has 0 atom stereocenters. The van der Waals surface area contributed by atoms with Gasteiger partial charge in [0.25, 0.3) is 5.91 Å². The number of primary amides is 1. The number of aromatic nitrogens is 1. The van der Waals surface area contributed by atoms with E-state index < -0.39 is 46.6 Å². The number of nitrogens with two attached hydrogens (primary N) is 1. The number of benzene rings is 2.